The molecule has 0 amide bonds. The predicted octanol–water partition coefficient (Wildman–Crippen LogP) is 15.6. The van der Waals surface area contributed by atoms with Gasteiger partial charge < -0.3 is 32.9 Å². The summed E-state index contributed by atoms with van der Waals surface area (Å²) in [4.78, 5) is 0. The lowest BCUT2D eigenvalue weighted by Gasteiger charge is -2.48. The summed E-state index contributed by atoms with van der Waals surface area (Å²) in [5, 5.41) is 5.94. The summed E-state index contributed by atoms with van der Waals surface area (Å²) in [7, 11) is -33.2. The van der Waals surface area contributed by atoms with Crippen LogP contribution in [0.15, 0.2) is 121 Å². The van der Waals surface area contributed by atoms with E-state index in [9.17, 15) is 0 Å². The predicted molar refractivity (Wildman–Crippen MR) is 367 cm³/mol. The molecule has 0 aliphatic rings. The molecule has 0 aliphatic carbocycles. The molecule has 0 aliphatic heterocycles. The van der Waals surface area contributed by atoms with Crippen LogP contribution in [0.3, 0.4) is 0 Å². The maximum atomic E-state index is 7.81. The molecular formula is C56H108O8Si13. The molecule has 432 valence electrons. The van der Waals surface area contributed by atoms with E-state index < -0.39 is 109 Å². The molecule has 0 N–H and O–H groups in total. The van der Waals surface area contributed by atoms with Gasteiger partial charge in [0.15, 0.2) is 33.3 Å². The molecule has 0 aromatic heterocycles. The first kappa shape index (κ1) is 68.9. The lowest BCUT2D eigenvalue weighted by molar-refractivity contribution is 0.102. The molecule has 0 radical (unpaired) electrons. The number of hydrogen-bond acceptors (Lipinski definition) is 8. The zero-order valence-electron chi connectivity index (χ0n) is 53.0. The van der Waals surface area contributed by atoms with Gasteiger partial charge in [-0.05, 0) is 129 Å². The van der Waals surface area contributed by atoms with Crippen LogP contribution in [0.5, 0.6) is 0 Å². The molecule has 4 rings (SSSR count). The van der Waals surface area contributed by atoms with Crippen LogP contribution in [0.4, 0.5) is 0 Å². The average Bonchev–Trinajstić information content (AvgIpc) is 3.28. The molecule has 0 saturated carbocycles. The van der Waals surface area contributed by atoms with Crippen LogP contribution in [-0.4, -0.2) is 109 Å². The van der Waals surface area contributed by atoms with Gasteiger partial charge in [0.05, 0.1) is 32.3 Å². The Morgan fingerprint density at radius 3 is 0.519 bits per heavy atom. The van der Waals surface area contributed by atoms with E-state index in [0.717, 1.165) is 48.4 Å². The summed E-state index contributed by atoms with van der Waals surface area (Å²) in [5.41, 5.74) is 0. The Bertz CT molecular complexity index is 2080. The van der Waals surface area contributed by atoms with Crippen molar-refractivity contribution in [3.05, 3.63) is 121 Å². The highest BCUT2D eigenvalue weighted by Crippen LogP contribution is 2.38. The average molecular weight is 1270 g/mol. The minimum Gasteiger partial charge on any atom is -0.436 e. The molecule has 0 bridgehead atoms. The van der Waals surface area contributed by atoms with Gasteiger partial charge in [0, 0.05) is 0 Å². The number of benzene rings is 4. The van der Waals surface area contributed by atoms with Crippen molar-refractivity contribution in [1.82, 2.24) is 0 Å². The minimum absolute atomic E-state index is 1.03. The van der Waals surface area contributed by atoms with Crippen molar-refractivity contribution in [2.24, 2.45) is 0 Å². The van der Waals surface area contributed by atoms with Crippen LogP contribution in [0, 0.1) is 0 Å². The normalized spacial score (nSPS) is 14.5. The minimum atomic E-state index is -4.31. The zero-order valence-corrected chi connectivity index (χ0v) is 66.0. The fraction of sp³-hybridized carbons (Fsp3) is 0.571. The molecule has 4 aromatic carbocycles. The van der Waals surface area contributed by atoms with Gasteiger partial charge in [0.25, 0.3) is 0 Å². The Hall–Kier alpha value is -0.621. The molecular weight excluding hydrogens is 1170 g/mol. The van der Waals surface area contributed by atoms with Crippen LogP contribution in [0.1, 0.15) is 0 Å². The lowest BCUT2D eigenvalue weighted by Crippen LogP contribution is -2.70. The molecule has 0 spiro atoms. The first-order valence-electron chi connectivity index (χ1n) is 28.7. The van der Waals surface area contributed by atoms with Gasteiger partial charge in [-0.25, -0.2) is 0 Å². The van der Waals surface area contributed by atoms with Gasteiger partial charge >= 0.3 is 43.3 Å². The highest BCUT2D eigenvalue weighted by Gasteiger charge is 2.63. The van der Waals surface area contributed by atoms with E-state index in [1.54, 1.807) is 0 Å². The van der Waals surface area contributed by atoms with Gasteiger partial charge in [0.2, 0.25) is 0 Å². The third-order valence-electron chi connectivity index (χ3n) is 15.2. The summed E-state index contributed by atoms with van der Waals surface area (Å²) in [6.45, 7) is 56.4. The van der Waals surface area contributed by atoms with Crippen molar-refractivity contribution in [2.45, 2.75) is 205 Å². The van der Waals surface area contributed by atoms with Gasteiger partial charge in [-0.15, -0.1) is 0 Å². The number of hydrogen-bond donors (Lipinski definition) is 0. The van der Waals surface area contributed by atoms with Crippen LogP contribution in [0.25, 0.3) is 0 Å². The van der Waals surface area contributed by atoms with Gasteiger partial charge in [0.1, 0.15) is 0 Å². The summed E-state index contributed by atoms with van der Waals surface area (Å²) in [5.74, 6) is 0. The lowest BCUT2D eigenvalue weighted by atomic mass is 10.4. The molecule has 4 aromatic rings. The molecule has 0 saturated heterocycles. The van der Waals surface area contributed by atoms with Crippen molar-refractivity contribution in [3.8, 4) is 0 Å². The molecule has 77 heavy (non-hydrogen) atoms. The third-order valence-corrected chi connectivity index (χ3v) is 65.2. The van der Waals surface area contributed by atoms with Crippen molar-refractivity contribution in [3.63, 3.8) is 0 Å². The fourth-order valence-corrected chi connectivity index (χ4v) is 74.0. The Kier molecular flexibility index (Phi) is 23.7. The molecule has 0 fully saturated rings. The third kappa shape index (κ3) is 23.5. The number of rotatable bonds is 32. The van der Waals surface area contributed by atoms with Crippen molar-refractivity contribution >= 4 is 130 Å². The second-order valence-electron chi connectivity index (χ2n) is 29.0. The van der Waals surface area contributed by atoms with E-state index in [-0.39, 0.29) is 0 Å². The quantitative estimate of drug-likeness (QED) is 0.0448. The first-order chi connectivity index (χ1) is 34.9. The van der Waals surface area contributed by atoms with Crippen molar-refractivity contribution in [2.75, 3.05) is 0 Å². The highest BCUT2D eigenvalue weighted by atomic mass is 28.6. The van der Waals surface area contributed by atoms with E-state index >= 15 is 0 Å². The summed E-state index contributed by atoms with van der Waals surface area (Å²) in [6, 6.07) is 53.1. The fourth-order valence-electron chi connectivity index (χ4n) is 10.9. The van der Waals surface area contributed by atoms with Gasteiger partial charge in [-0.2, -0.15) is 0 Å². The van der Waals surface area contributed by atoms with E-state index in [1.807, 2.05) is 0 Å². The summed E-state index contributed by atoms with van der Waals surface area (Å²) < 4.78 is 61.4. The maximum Gasteiger partial charge on any atom is 0.643 e. The second-order valence-corrected chi connectivity index (χ2v) is 83.1. The van der Waals surface area contributed by atoms with E-state index in [4.69, 9.17) is 32.9 Å². The molecule has 0 unspecified atom stereocenters. The SMILES string of the molecule is C[Si](C)(CC[Si](C)(C)c1ccccc1)O[Si](C)(C)O[Si](O[Si](C)(C)O[Si](C)(C)CC[Si](C)(C)c1ccccc1)(O[Si](C)(C)O[Si](C)(C)CC[Si](C)(C)c1ccccc1)O[Si](C)(C)O[Si](C)(C)CC[Si](C)(C)c1ccccc1. The van der Waals surface area contributed by atoms with E-state index in [0.29, 0.717) is 0 Å². The van der Waals surface area contributed by atoms with E-state index in [2.05, 4.69) is 278 Å². The zero-order chi connectivity index (χ0) is 58.3. The Morgan fingerprint density at radius 1 is 0.208 bits per heavy atom. The van der Waals surface area contributed by atoms with Crippen LogP contribution >= 0.6 is 0 Å². The van der Waals surface area contributed by atoms with Crippen LogP contribution in [-0.2, 0) is 32.9 Å². The molecule has 8 nitrogen and oxygen atoms in total. The Morgan fingerprint density at radius 2 is 0.364 bits per heavy atom. The second kappa shape index (κ2) is 26.5. The highest BCUT2D eigenvalue weighted by molar-refractivity contribution is 6.97. The molecule has 21 heteroatoms. The summed E-state index contributed by atoms with van der Waals surface area (Å²) in [6.07, 6.45) is 0. The van der Waals surface area contributed by atoms with Gasteiger partial charge in [-0.3, -0.25) is 0 Å². The molecule has 0 heterocycles. The van der Waals surface area contributed by atoms with Crippen molar-refractivity contribution < 1.29 is 32.9 Å². The largest absolute Gasteiger partial charge is 0.643 e. The Labute approximate surface area is 485 Å². The smallest absolute Gasteiger partial charge is 0.436 e. The van der Waals surface area contributed by atoms with Gasteiger partial charge in [-0.1, -0.05) is 219 Å². The van der Waals surface area contributed by atoms with E-state index in [1.165, 1.54) is 20.7 Å². The van der Waals surface area contributed by atoms with Crippen molar-refractivity contribution in [1.29, 1.82) is 0 Å². The van der Waals surface area contributed by atoms with Crippen LogP contribution < -0.4 is 20.7 Å². The maximum absolute atomic E-state index is 7.81. The Balaban J connectivity index is 1.80. The standard InChI is InChI=1S/C56H108O8Si13/c1-65(2,53-37-29-25-30-38-53)45-49-69(9,10)57-73(17,18)61-77(62-74(19,20)58-70(11,12)50-46-66(3,4)54-39-31-26-32-40-54,63-75(21,22)59-71(13,14)51-47-67(5,6)55-41-33-27-34-42-55)64-76(23,24)60-72(15,16)52-48-68(7,8)56-43-35-28-36-44-56/h25-44H,45-52H2,1-24H3. The first-order valence-corrected chi connectivity index (χ1v) is 66.9. The topological polar surface area (TPSA) is 73.8 Å². The summed E-state index contributed by atoms with van der Waals surface area (Å²) >= 11 is 0. The van der Waals surface area contributed by atoms with Crippen LogP contribution in [0.2, 0.25) is 205 Å². The molecule has 0 atom stereocenters. The monoisotopic (exact) mass is 1270 g/mol.